The van der Waals surface area contributed by atoms with Crippen molar-refractivity contribution in [3.05, 3.63) is 0 Å². The van der Waals surface area contributed by atoms with E-state index in [0.29, 0.717) is 31.5 Å². The quantitative estimate of drug-likeness (QED) is 0.822. The number of aliphatic hydroxyl groups is 1. The highest BCUT2D eigenvalue weighted by Crippen LogP contribution is 2.70. The van der Waals surface area contributed by atoms with Gasteiger partial charge in [-0.2, -0.15) is 0 Å². The van der Waals surface area contributed by atoms with Gasteiger partial charge < -0.3 is 5.11 Å². The molecule has 4 rings (SSSR count). The monoisotopic (exact) mass is 350 g/mol. The Kier molecular flexibility index (Phi) is 3.96. The predicted molar refractivity (Wildman–Crippen MR) is 92.7 cm³/mol. The van der Waals surface area contributed by atoms with Crippen molar-refractivity contribution in [1.29, 1.82) is 0 Å². The first-order chi connectivity index (χ1) is 11.8. The Labute approximate surface area is 149 Å². The maximum atomic E-state index is 16.6. The summed E-state index contributed by atoms with van der Waals surface area (Å²) in [4.78, 5) is 24.2. The van der Waals surface area contributed by atoms with Gasteiger partial charge >= 0.3 is 0 Å². The van der Waals surface area contributed by atoms with E-state index >= 15 is 4.39 Å². The summed E-state index contributed by atoms with van der Waals surface area (Å²) >= 11 is 0. The van der Waals surface area contributed by atoms with E-state index in [0.717, 1.165) is 32.1 Å². The maximum Gasteiger partial charge on any atom is 0.161 e. The predicted octanol–water partition coefficient (Wildman–Crippen LogP) is 3.87. The van der Waals surface area contributed by atoms with E-state index in [1.54, 1.807) is 0 Å². The average molecular weight is 350 g/mol. The Bertz CT molecular complexity index is 604. The van der Waals surface area contributed by atoms with E-state index in [-0.39, 0.29) is 46.9 Å². The highest BCUT2D eigenvalue weighted by atomic mass is 19.1. The first-order valence-electron chi connectivity index (χ1n) is 10.1. The van der Waals surface area contributed by atoms with Gasteiger partial charge in [0.25, 0.3) is 0 Å². The molecule has 0 unspecified atom stereocenters. The first kappa shape index (κ1) is 17.6. The summed E-state index contributed by atoms with van der Waals surface area (Å²) in [7, 11) is 0. The lowest BCUT2D eigenvalue weighted by Crippen LogP contribution is -2.63. The highest BCUT2D eigenvalue weighted by Gasteiger charge is 2.68. The molecule has 0 saturated heterocycles. The summed E-state index contributed by atoms with van der Waals surface area (Å²) in [5.74, 6) is 0.583. The van der Waals surface area contributed by atoms with Crippen LogP contribution in [0, 0.1) is 34.5 Å². The number of fused-ring (bicyclic) bond motifs is 5. The Balaban J connectivity index is 1.67. The third kappa shape index (κ3) is 2.18. The van der Waals surface area contributed by atoms with E-state index in [1.807, 2.05) is 0 Å². The van der Waals surface area contributed by atoms with E-state index < -0.39 is 5.67 Å². The summed E-state index contributed by atoms with van der Waals surface area (Å²) in [6.07, 6.45) is 6.52. The molecule has 7 atom stereocenters. The van der Waals surface area contributed by atoms with Crippen LogP contribution >= 0.6 is 0 Å². The maximum absolute atomic E-state index is 16.6. The standard InChI is InChI=1S/C21H31FO3/c1-19-9-10-21(22)16(15(19)5-6-17(19)18(25)12-23)4-3-13-11-14(24)7-8-20(13,21)2/h13,15-17,23H,3-12H2,1-2H3/t13-,15-,16-,17+,19-,20-,21+/m0/s1. The van der Waals surface area contributed by atoms with Crippen molar-refractivity contribution >= 4 is 11.6 Å². The molecule has 140 valence electrons. The Morgan fingerprint density at radius 1 is 1.12 bits per heavy atom. The number of carbonyl (C=O) groups is 2. The van der Waals surface area contributed by atoms with Gasteiger partial charge in [-0.15, -0.1) is 0 Å². The normalized spacial score (nSPS) is 52.2. The SMILES string of the molecule is C[C@]12CC[C@@]3(F)[C@@H](CC[C@H]4CC(=O)CC[C@@]43C)[C@@H]1CC[C@@H]2C(=O)CO. The molecule has 4 heteroatoms. The second-order valence-corrected chi connectivity index (χ2v) is 9.77. The van der Waals surface area contributed by atoms with E-state index in [1.165, 1.54) is 0 Å². The average Bonchev–Trinajstić information content (AvgIpc) is 2.93. The summed E-state index contributed by atoms with van der Waals surface area (Å²) in [5.41, 5.74) is -1.74. The van der Waals surface area contributed by atoms with E-state index in [2.05, 4.69) is 13.8 Å². The third-order valence-corrected chi connectivity index (χ3v) is 9.13. The fourth-order valence-electron chi connectivity index (χ4n) is 7.57. The van der Waals surface area contributed by atoms with Crippen LogP contribution in [0.3, 0.4) is 0 Å². The number of Topliss-reactive ketones (excluding diaryl/α,β-unsaturated/α-hetero) is 2. The molecule has 3 nitrogen and oxygen atoms in total. The van der Waals surface area contributed by atoms with Gasteiger partial charge in [-0.05, 0) is 68.1 Å². The second kappa shape index (κ2) is 5.61. The highest BCUT2D eigenvalue weighted by molar-refractivity contribution is 5.83. The van der Waals surface area contributed by atoms with Gasteiger partial charge in [0.05, 0.1) is 0 Å². The van der Waals surface area contributed by atoms with Crippen molar-refractivity contribution in [2.75, 3.05) is 6.61 Å². The molecule has 4 aliphatic rings. The van der Waals surface area contributed by atoms with Crippen LogP contribution in [0.1, 0.15) is 71.6 Å². The number of rotatable bonds is 2. The van der Waals surface area contributed by atoms with Gasteiger partial charge in [-0.1, -0.05) is 13.8 Å². The smallest absolute Gasteiger partial charge is 0.161 e. The molecule has 4 fully saturated rings. The van der Waals surface area contributed by atoms with Crippen molar-refractivity contribution < 1.29 is 19.1 Å². The summed E-state index contributed by atoms with van der Waals surface area (Å²) < 4.78 is 16.6. The molecule has 0 aliphatic heterocycles. The lowest BCUT2D eigenvalue weighted by molar-refractivity contribution is -0.194. The summed E-state index contributed by atoms with van der Waals surface area (Å²) in [5, 5.41) is 9.35. The van der Waals surface area contributed by atoms with Crippen LogP contribution in [0.5, 0.6) is 0 Å². The van der Waals surface area contributed by atoms with Crippen LogP contribution in [0.4, 0.5) is 4.39 Å². The molecule has 0 heterocycles. The Morgan fingerprint density at radius 2 is 1.84 bits per heavy atom. The van der Waals surface area contributed by atoms with Crippen LogP contribution in [0.15, 0.2) is 0 Å². The Hall–Kier alpha value is -0.770. The minimum atomic E-state index is -1.20. The summed E-state index contributed by atoms with van der Waals surface area (Å²) in [6.45, 7) is 3.88. The van der Waals surface area contributed by atoms with Crippen LogP contribution in [0.2, 0.25) is 0 Å². The van der Waals surface area contributed by atoms with Crippen LogP contribution in [-0.2, 0) is 9.59 Å². The number of ketones is 2. The molecule has 0 bridgehead atoms. The van der Waals surface area contributed by atoms with E-state index in [9.17, 15) is 14.7 Å². The molecular weight excluding hydrogens is 319 g/mol. The molecule has 4 aliphatic carbocycles. The van der Waals surface area contributed by atoms with Gasteiger partial charge in [0, 0.05) is 24.2 Å². The number of carbonyl (C=O) groups excluding carboxylic acids is 2. The number of hydrogen-bond acceptors (Lipinski definition) is 3. The first-order valence-corrected chi connectivity index (χ1v) is 10.1. The molecule has 25 heavy (non-hydrogen) atoms. The van der Waals surface area contributed by atoms with Crippen molar-refractivity contribution in [1.82, 2.24) is 0 Å². The van der Waals surface area contributed by atoms with Crippen molar-refractivity contribution in [2.45, 2.75) is 77.3 Å². The molecule has 0 aromatic rings. The topological polar surface area (TPSA) is 54.4 Å². The van der Waals surface area contributed by atoms with E-state index in [4.69, 9.17) is 0 Å². The fraction of sp³-hybridized carbons (Fsp3) is 0.905. The summed E-state index contributed by atoms with van der Waals surface area (Å²) in [6, 6.07) is 0. The number of halogens is 1. The molecule has 4 saturated carbocycles. The van der Waals surface area contributed by atoms with Crippen LogP contribution < -0.4 is 0 Å². The lowest BCUT2D eigenvalue weighted by Gasteiger charge is -2.63. The molecular formula is C21H31FO3. The van der Waals surface area contributed by atoms with Crippen molar-refractivity contribution in [3.63, 3.8) is 0 Å². The van der Waals surface area contributed by atoms with Gasteiger partial charge in [0.15, 0.2) is 5.78 Å². The second-order valence-electron chi connectivity index (χ2n) is 9.77. The number of hydrogen-bond donors (Lipinski definition) is 1. The Morgan fingerprint density at radius 3 is 2.56 bits per heavy atom. The van der Waals surface area contributed by atoms with Crippen molar-refractivity contribution in [3.8, 4) is 0 Å². The fourth-order valence-corrected chi connectivity index (χ4v) is 7.57. The largest absolute Gasteiger partial charge is 0.389 e. The zero-order valence-corrected chi connectivity index (χ0v) is 15.5. The minimum absolute atomic E-state index is 0.0113. The lowest BCUT2D eigenvalue weighted by atomic mass is 9.43. The zero-order chi connectivity index (χ0) is 18.0. The molecule has 0 spiro atoms. The minimum Gasteiger partial charge on any atom is -0.389 e. The zero-order valence-electron chi connectivity index (χ0n) is 15.5. The van der Waals surface area contributed by atoms with Gasteiger partial charge in [0.2, 0.25) is 0 Å². The van der Waals surface area contributed by atoms with Crippen LogP contribution in [0.25, 0.3) is 0 Å². The number of aliphatic hydroxyl groups excluding tert-OH is 1. The van der Waals surface area contributed by atoms with Gasteiger partial charge in [-0.25, -0.2) is 4.39 Å². The van der Waals surface area contributed by atoms with Crippen LogP contribution in [-0.4, -0.2) is 28.9 Å². The van der Waals surface area contributed by atoms with Crippen molar-refractivity contribution in [2.24, 2.45) is 34.5 Å². The third-order valence-electron chi connectivity index (χ3n) is 9.13. The molecule has 0 aromatic carbocycles. The van der Waals surface area contributed by atoms with Gasteiger partial charge in [-0.3, -0.25) is 9.59 Å². The number of alkyl halides is 1. The molecule has 1 N–H and O–H groups in total. The molecule has 0 aromatic heterocycles. The molecule has 0 amide bonds. The molecule has 0 radical (unpaired) electrons. The van der Waals surface area contributed by atoms with Gasteiger partial charge in [0.1, 0.15) is 18.1 Å².